The van der Waals surface area contributed by atoms with Gasteiger partial charge in [0.2, 0.25) is 11.8 Å². The van der Waals surface area contributed by atoms with E-state index in [0.717, 1.165) is 63.9 Å². The number of amides is 2. The van der Waals surface area contributed by atoms with E-state index < -0.39 is 0 Å². The molecule has 1 saturated carbocycles. The molecule has 7 heteroatoms. The minimum absolute atomic E-state index is 0.0200. The molecule has 1 spiro atoms. The molecule has 4 rings (SSSR count). The molecule has 2 N–H and O–H groups in total. The predicted molar refractivity (Wildman–Crippen MR) is 116 cm³/mol. The third-order valence-corrected chi connectivity index (χ3v) is 7.09. The molecule has 1 atom stereocenters. The first-order valence-corrected chi connectivity index (χ1v) is 11.4. The third kappa shape index (κ3) is 4.17. The van der Waals surface area contributed by atoms with Crippen LogP contribution in [0, 0.1) is 11.3 Å². The minimum atomic E-state index is -0.305. The summed E-state index contributed by atoms with van der Waals surface area (Å²) in [6, 6.07) is 4.12. The van der Waals surface area contributed by atoms with Crippen LogP contribution >= 0.6 is 0 Å². The molecule has 2 amide bonds. The Morgan fingerprint density at radius 2 is 1.97 bits per heavy atom. The average molecular weight is 415 g/mol. The van der Waals surface area contributed by atoms with Gasteiger partial charge in [-0.25, -0.2) is 4.98 Å². The fourth-order valence-corrected chi connectivity index (χ4v) is 5.21. The van der Waals surface area contributed by atoms with Crippen molar-refractivity contribution < 1.29 is 14.7 Å². The van der Waals surface area contributed by atoms with E-state index in [1.54, 1.807) is 6.20 Å². The van der Waals surface area contributed by atoms with E-state index in [1.807, 2.05) is 26.0 Å². The lowest BCUT2D eigenvalue weighted by Crippen LogP contribution is -2.50. The van der Waals surface area contributed by atoms with Gasteiger partial charge in [-0.05, 0) is 57.1 Å². The molecule has 3 fully saturated rings. The van der Waals surface area contributed by atoms with Crippen LogP contribution in [-0.4, -0.2) is 58.6 Å². The van der Waals surface area contributed by atoms with Gasteiger partial charge < -0.3 is 20.2 Å². The van der Waals surface area contributed by atoms with Gasteiger partial charge in [0.1, 0.15) is 5.82 Å². The summed E-state index contributed by atoms with van der Waals surface area (Å²) in [6.45, 7) is 6.17. The second-order valence-corrected chi connectivity index (χ2v) is 9.57. The number of likely N-dealkylation sites (tertiary alicyclic amines) is 1. The first-order valence-electron chi connectivity index (χ1n) is 11.4. The van der Waals surface area contributed by atoms with Crippen molar-refractivity contribution in [3.63, 3.8) is 0 Å². The summed E-state index contributed by atoms with van der Waals surface area (Å²) in [5.74, 6) is 1.07. The molecule has 3 aliphatic rings. The summed E-state index contributed by atoms with van der Waals surface area (Å²) in [5, 5.41) is 12.7. The Balaban J connectivity index is 1.42. The summed E-state index contributed by atoms with van der Waals surface area (Å²) in [7, 11) is 0. The topological polar surface area (TPSA) is 85.8 Å². The van der Waals surface area contributed by atoms with Gasteiger partial charge in [0, 0.05) is 31.6 Å². The maximum absolute atomic E-state index is 13.4. The van der Waals surface area contributed by atoms with Crippen LogP contribution in [0.15, 0.2) is 18.3 Å². The highest BCUT2D eigenvalue weighted by Gasteiger charge is 2.50. The molecule has 1 aliphatic carbocycles. The molecule has 1 aromatic rings. The van der Waals surface area contributed by atoms with Gasteiger partial charge in [-0.2, -0.15) is 0 Å². The molecular formula is C23H34N4O3. The molecule has 0 bridgehead atoms. The standard InChI is InChI=1S/C23H34N4O3/c1-16(2)21(29)25-17-4-9-20(24-14-17)26-12-3-10-23(15-26)11-13-27(22(23)30)18-5-7-19(28)8-6-18/h4,9,14,16,18-19,28H,3,5-8,10-13,15H2,1-2H3,(H,25,29)/t18-,19-,23?. The largest absolute Gasteiger partial charge is 0.393 e. The highest BCUT2D eigenvalue weighted by molar-refractivity contribution is 5.92. The summed E-state index contributed by atoms with van der Waals surface area (Å²) < 4.78 is 0. The van der Waals surface area contributed by atoms with E-state index in [0.29, 0.717) is 18.1 Å². The molecule has 164 valence electrons. The monoisotopic (exact) mass is 414 g/mol. The maximum atomic E-state index is 13.4. The van der Waals surface area contributed by atoms with Crippen LogP contribution in [0.25, 0.3) is 0 Å². The van der Waals surface area contributed by atoms with Crippen molar-refractivity contribution in [2.24, 2.45) is 11.3 Å². The normalized spacial score (nSPS) is 29.7. The van der Waals surface area contributed by atoms with Crippen molar-refractivity contribution in [3.8, 4) is 0 Å². The number of piperidine rings is 1. The summed E-state index contributed by atoms with van der Waals surface area (Å²) in [4.78, 5) is 34.2. The zero-order valence-electron chi connectivity index (χ0n) is 18.1. The van der Waals surface area contributed by atoms with Gasteiger partial charge >= 0.3 is 0 Å². The van der Waals surface area contributed by atoms with E-state index in [9.17, 15) is 14.7 Å². The van der Waals surface area contributed by atoms with Crippen molar-refractivity contribution in [2.45, 2.75) is 70.9 Å². The van der Waals surface area contributed by atoms with Crippen LogP contribution in [0.2, 0.25) is 0 Å². The maximum Gasteiger partial charge on any atom is 0.230 e. The summed E-state index contributed by atoms with van der Waals surface area (Å²) >= 11 is 0. The van der Waals surface area contributed by atoms with Crippen LogP contribution in [0.5, 0.6) is 0 Å². The smallest absolute Gasteiger partial charge is 0.230 e. The molecule has 7 nitrogen and oxygen atoms in total. The van der Waals surface area contributed by atoms with Crippen molar-refractivity contribution in [1.82, 2.24) is 9.88 Å². The molecule has 0 aromatic carbocycles. The van der Waals surface area contributed by atoms with E-state index in [4.69, 9.17) is 0 Å². The Morgan fingerprint density at radius 3 is 2.63 bits per heavy atom. The number of nitrogens with one attached hydrogen (secondary N) is 1. The molecule has 30 heavy (non-hydrogen) atoms. The van der Waals surface area contributed by atoms with Crippen LogP contribution < -0.4 is 10.2 Å². The van der Waals surface area contributed by atoms with Crippen molar-refractivity contribution in [1.29, 1.82) is 0 Å². The van der Waals surface area contributed by atoms with Crippen molar-refractivity contribution in [2.75, 3.05) is 29.9 Å². The number of hydrogen-bond donors (Lipinski definition) is 2. The van der Waals surface area contributed by atoms with E-state index in [1.165, 1.54) is 0 Å². The number of hydrogen-bond acceptors (Lipinski definition) is 5. The number of aromatic nitrogens is 1. The Labute approximate surface area is 178 Å². The van der Waals surface area contributed by atoms with Crippen molar-refractivity contribution in [3.05, 3.63) is 18.3 Å². The van der Waals surface area contributed by atoms with Crippen LogP contribution in [0.4, 0.5) is 11.5 Å². The lowest BCUT2D eigenvalue weighted by molar-refractivity contribution is -0.139. The highest BCUT2D eigenvalue weighted by Crippen LogP contribution is 2.43. The second-order valence-electron chi connectivity index (χ2n) is 9.57. The van der Waals surface area contributed by atoms with Gasteiger partial charge in [-0.1, -0.05) is 13.8 Å². The van der Waals surface area contributed by atoms with Crippen LogP contribution in [0.1, 0.15) is 58.8 Å². The third-order valence-electron chi connectivity index (χ3n) is 7.09. The van der Waals surface area contributed by atoms with E-state index in [-0.39, 0.29) is 29.4 Å². The number of rotatable bonds is 4. The number of carbonyl (C=O) groups excluding carboxylic acids is 2. The zero-order valence-corrected chi connectivity index (χ0v) is 18.1. The second kappa shape index (κ2) is 8.53. The Kier molecular flexibility index (Phi) is 6.00. The molecule has 1 aromatic heterocycles. The zero-order chi connectivity index (χ0) is 21.3. The van der Waals surface area contributed by atoms with Gasteiger partial charge in [-0.15, -0.1) is 0 Å². The number of aliphatic hydroxyl groups excluding tert-OH is 1. The number of nitrogens with zero attached hydrogens (tertiary/aromatic N) is 3. The summed E-state index contributed by atoms with van der Waals surface area (Å²) in [5.41, 5.74) is 0.396. The number of carbonyl (C=O) groups is 2. The predicted octanol–water partition coefficient (Wildman–Crippen LogP) is 2.80. The van der Waals surface area contributed by atoms with Gasteiger partial charge in [0.05, 0.1) is 23.4 Å². The molecule has 0 radical (unpaired) electrons. The van der Waals surface area contributed by atoms with Crippen molar-refractivity contribution >= 4 is 23.3 Å². The molecule has 1 unspecified atom stereocenters. The number of pyridine rings is 1. The van der Waals surface area contributed by atoms with E-state index >= 15 is 0 Å². The SMILES string of the molecule is CC(C)C(=O)Nc1ccc(N2CCCC3(CCN([C@H]4CC[C@H](O)CC4)C3=O)C2)nc1. The average Bonchev–Trinajstić information content (AvgIpc) is 3.04. The van der Waals surface area contributed by atoms with Gasteiger partial charge in [0.25, 0.3) is 0 Å². The Hall–Kier alpha value is -2.15. The molecule has 3 heterocycles. The Morgan fingerprint density at radius 1 is 1.20 bits per heavy atom. The molecular weight excluding hydrogens is 380 g/mol. The minimum Gasteiger partial charge on any atom is -0.393 e. The fourth-order valence-electron chi connectivity index (χ4n) is 5.21. The summed E-state index contributed by atoms with van der Waals surface area (Å²) in [6.07, 6.45) is 7.77. The van der Waals surface area contributed by atoms with Crippen LogP contribution in [-0.2, 0) is 9.59 Å². The lowest BCUT2D eigenvalue weighted by atomic mass is 9.78. The highest BCUT2D eigenvalue weighted by atomic mass is 16.3. The number of anilines is 2. The first kappa shape index (κ1) is 21.1. The number of aliphatic hydroxyl groups is 1. The lowest BCUT2D eigenvalue weighted by Gasteiger charge is -2.41. The first-order chi connectivity index (χ1) is 14.4. The van der Waals surface area contributed by atoms with E-state index in [2.05, 4.69) is 20.1 Å². The van der Waals surface area contributed by atoms with Crippen LogP contribution in [0.3, 0.4) is 0 Å². The quantitative estimate of drug-likeness (QED) is 0.791. The molecule has 2 saturated heterocycles. The van der Waals surface area contributed by atoms with Gasteiger partial charge in [0.15, 0.2) is 0 Å². The fraction of sp³-hybridized carbons (Fsp3) is 0.696. The Bertz CT molecular complexity index is 773. The van der Waals surface area contributed by atoms with Gasteiger partial charge in [-0.3, -0.25) is 9.59 Å². The molecule has 2 aliphatic heterocycles.